The predicted octanol–water partition coefficient (Wildman–Crippen LogP) is 1.87. The third-order valence-electron chi connectivity index (χ3n) is 3.85. The highest BCUT2D eigenvalue weighted by Gasteiger charge is 2.65. The number of nitrogens with zero attached hydrogens (tertiary/aromatic N) is 1. The zero-order valence-corrected chi connectivity index (χ0v) is 13.9. The van der Waals surface area contributed by atoms with E-state index in [0.29, 0.717) is 0 Å². The molecule has 5 nitrogen and oxygen atoms in total. The van der Waals surface area contributed by atoms with Crippen LogP contribution in [0.1, 0.15) is 13.8 Å². The Hall–Kier alpha value is -1.09. The first-order valence-electron chi connectivity index (χ1n) is 6.37. The maximum atomic E-state index is 11.6. The van der Waals surface area contributed by atoms with Crippen molar-refractivity contribution >= 4 is 41.2 Å². The molecule has 0 radical (unpaired) electrons. The molecular weight excluding hydrogens is 372 g/mol. The number of carbonyl (C=O) groups is 2. The number of hydrogen-bond donors (Lipinski definition) is 0. The van der Waals surface area contributed by atoms with Gasteiger partial charge in [0.25, 0.3) is 0 Å². The standard InChI is InChI=1S/C13H17BINO4/c1-10(7-15)5-4-6-11(2)14-16(3,8-12(17)19-14)9-13(18)20-14/h4-7H,8-9H2,1-3H3/b5-4+,10-7+,11-6+. The van der Waals surface area contributed by atoms with Crippen molar-refractivity contribution in [1.82, 2.24) is 0 Å². The van der Waals surface area contributed by atoms with Crippen molar-refractivity contribution in [3.63, 3.8) is 0 Å². The smallest absolute Gasteiger partial charge is 0.596 e. The van der Waals surface area contributed by atoms with Crippen LogP contribution >= 0.6 is 22.6 Å². The Labute approximate surface area is 132 Å². The fraction of sp³-hybridized carbons (Fsp3) is 0.385. The molecule has 2 saturated heterocycles. The minimum absolute atomic E-state index is 0.174. The van der Waals surface area contributed by atoms with Crippen molar-refractivity contribution in [3.05, 3.63) is 33.4 Å². The van der Waals surface area contributed by atoms with Crippen LogP contribution in [0.3, 0.4) is 0 Å². The lowest BCUT2D eigenvalue weighted by Gasteiger charge is -2.40. The monoisotopic (exact) mass is 389 g/mol. The molecule has 2 heterocycles. The number of likely N-dealkylation sites (N-methyl/N-ethyl adjacent to an activating group) is 1. The molecule has 0 unspecified atom stereocenters. The molecule has 0 bridgehead atoms. The first kappa shape index (κ1) is 15.3. The Morgan fingerprint density at radius 3 is 2.30 bits per heavy atom. The molecule has 2 aliphatic rings. The molecule has 0 N–H and O–H groups in total. The lowest BCUT2D eigenvalue weighted by Crippen LogP contribution is -2.61. The topological polar surface area (TPSA) is 52.6 Å². The Kier molecular flexibility index (Phi) is 4.10. The summed E-state index contributed by atoms with van der Waals surface area (Å²) in [5, 5.41) is 0. The van der Waals surface area contributed by atoms with Gasteiger partial charge in [0.1, 0.15) is 13.1 Å². The van der Waals surface area contributed by atoms with Crippen molar-refractivity contribution in [1.29, 1.82) is 0 Å². The van der Waals surface area contributed by atoms with Crippen LogP contribution in [-0.2, 0) is 18.9 Å². The molecular formula is C13H17BINO4. The number of quaternary nitrogens is 1. The molecule has 2 aliphatic heterocycles. The third kappa shape index (κ3) is 2.44. The molecule has 0 aromatic rings. The lowest BCUT2D eigenvalue weighted by molar-refractivity contribution is -0.792. The van der Waals surface area contributed by atoms with E-state index in [4.69, 9.17) is 9.31 Å². The first-order valence-corrected chi connectivity index (χ1v) is 7.62. The number of fused-ring (bicyclic) bond motifs is 1. The van der Waals surface area contributed by atoms with Gasteiger partial charge in [-0.25, -0.2) is 0 Å². The third-order valence-corrected chi connectivity index (χ3v) is 4.83. The van der Waals surface area contributed by atoms with E-state index in [2.05, 4.69) is 22.6 Å². The quantitative estimate of drug-likeness (QED) is 0.420. The van der Waals surface area contributed by atoms with Crippen LogP contribution < -0.4 is 0 Å². The van der Waals surface area contributed by atoms with Crippen LogP contribution in [-0.4, -0.2) is 43.2 Å². The second-order valence-corrected chi connectivity index (χ2v) is 6.19. The largest absolute Gasteiger partial charge is 0.610 e. The summed E-state index contributed by atoms with van der Waals surface area (Å²) < 4.78 is 13.0. The molecule has 2 rings (SSSR count). The molecule has 0 saturated carbocycles. The van der Waals surface area contributed by atoms with Gasteiger partial charge in [0.15, 0.2) is 0 Å². The molecule has 0 aliphatic carbocycles. The van der Waals surface area contributed by atoms with E-state index >= 15 is 0 Å². The number of hydrogen-bond acceptors (Lipinski definition) is 4. The van der Waals surface area contributed by atoms with Crippen LogP contribution in [0, 0.1) is 0 Å². The van der Waals surface area contributed by atoms with E-state index in [1.54, 1.807) is 0 Å². The summed E-state index contributed by atoms with van der Waals surface area (Å²) in [5.74, 6) is -0.639. The molecule has 108 valence electrons. The number of rotatable bonds is 3. The fourth-order valence-electron chi connectivity index (χ4n) is 2.78. The Morgan fingerprint density at radius 1 is 1.25 bits per heavy atom. The van der Waals surface area contributed by atoms with Crippen molar-refractivity contribution in [3.8, 4) is 0 Å². The summed E-state index contributed by atoms with van der Waals surface area (Å²) in [6, 6.07) is 0. The normalized spacial score (nSPS) is 34.4. The van der Waals surface area contributed by atoms with Gasteiger partial charge in [-0.3, -0.25) is 9.59 Å². The van der Waals surface area contributed by atoms with Gasteiger partial charge < -0.3 is 13.7 Å². The summed E-state index contributed by atoms with van der Waals surface area (Å²) in [7, 11) is 1.83. The van der Waals surface area contributed by atoms with E-state index in [9.17, 15) is 9.59 Å². The highest BCUT2D eigenvalue weighted by atomic mass is 127. The van der Waals surface area contributed by atoms with Crippen molar-refractivity contribution in [2.24, 2.45) is 0 Å². The molecule has 0 amide bonds. The van der Waals surface area contributed by atoms with Crippen molar-refractivity contribution < 1.29 is 23.3 Å². The molecule has 7 heteroatoms. The Morgan fingerprint density at radius 2 is 1.80 bits per heavy atom. The van der Waals surface area contributed by atoms with Crippen LogP contribution in [0.15, 0.2) is 33.4 Å². The summed E-state index contributed by atoms with van der Waals surface area (Å²) in [6.45, 7) is 2.11. The maximum Gasteiger partial charge on any atom is 0.610 e. The van der Waals surface area contributed by atoms with Gasteiger partial charge >= 0.3 is 18.6 Å². The Balaban J connectivity index is 2.33. The average molecular weight is 389 g/mol. The van der Waals surface area contributed by atoms with Crippen LogP contribution in [0.5, 0.6) is 0 Å². The van der Waals surface area contributed by atoms with E-state index < -0.39 is 6.69 Å². The summed E-state index contributed by atoms with van der Waals surface area (Å²) in [6.07, 6.45) is 5.66. The Bertz CT molecular complexity index is 533. The predicted molar refractivity (Wildman–Crippen MR) is 84.5 cm³/mol. The maximum absolute atomic E-state index is 11.6. The zero-order chi connectivity index (χ0) is 15.0. The van der Waals surface area contributed by atoms with Gasteiger partial charge in [-0.1, -0.05) is 53.2 Å². The summed E-state index contributed by atoms with van der Waals surface area (Å²) in [5.41, 5.74) is 1.88. The summed E-state index contributed by atoms with van der Waals surface area (Å²) >= 11 is 2.17. The lowest BCUT2D eigenvalue weighted by atomic mass is 9.61. The second-order valence-electron chi connectivity index (χ2n) is 5.57. The SMILES string of the molecule is C\C(=C/C=C/C(C)=C/I)[B-]12OC(=O)C[N+]1(C)CC(=O)O2. The van der Waals surface area contributed by atoms with Crippen LogP contribution in [0.25, 0.3) is 0 Å². The minimum atomic E-state index is -2.06. The van der Waals surface area contributed by atoms with E-state index in [0.717, 1.165) is 11.0 Å². The fourth-order valence-corrected chi connectivity index (χ4v) is 2.99. The minimum Gasteiger partial charge on any atom is -0.596 e. The van der Waals surface area contributed by atoms with E-state index in [-0.39, 0.29) is 29.4 Å². The summed E-state index contributed by atoms with van der Waals surface area (Å²) in [4.78, 5) is 23.3. The van der Waals surface area contributed by atoms with Crippen LogP contribution in [0.2, 0.25) is 0 Å². The van der Waals surface area contributed by atoms with Gasteiger partial charge in [-0.05, 0) is 16.6 Å². The number of carbonyl (C=O) groups excluding carboxylic acids is 2. The van der Waals surface area contributed by atoms with Gasteiger partial charge in [0.2, 0.25) is 0 Å². The van der Waals surface area contributed by atoms with Crippen LogP contribution in [0.4, 0.5) is 0 Å². The first-order chi connectivity index (χ1) is 9.33. The molecule has 0 spiro atoms. The van der Waals surface area contributed by atoms with E-state index in [1.165, 1.54) is 0 Å². The van der Waals surface area contributed by atoms with Crippen molar-refractivity contribution in [2.45, 2.75) is 13.8 Å². The molecule has 0 atom stereocenters. The van der Waals surface area contributed by atoms with Gasteiger partial charge in [0, 0.05) is 7.05 Å². The molecule has 0 aromatic carbocycles. The highest BCUT2D eigenvalue weighted by molar-refractivity contribution is 14.1. The van der Waals surface area contributed by atoms with Gasteiger partial charge in [-0.2, -0.15) is 0 Å². The van der Waals surface area contributed by atoms with Gasteiger partial charge in [-0.15, -0.1) is 0 Å². The molecule has 0 aromatic heterocycles. The highest BCUT2D eigenvalue weighted by Crippen LogP contribution is 2.38. The second kappa shape index (κ2) is 5.36. The van der Waals surface area contributed by atoms with E-state index in [1.807, 2.05) is 43.2 Å². The molecule has 2 fully saturated rings. The molecule has 20 heavy (non-hydrogen) atoms. The van der Waals surface area contributed by atoms with Crippen molar-refractivity contribution in [2.75, 3.05) is 20.1 Å². The number of halogens is 1. The van der Waals surface area contributed by atoms with Gasteiger partial charge in [0.05, 0.1) is 0 Å². The average Bonchev–Trinajstić information content (AvgIpc) is 2.73. The number of allylic oxidation sites excluding steroid dienone is 5. The zero-order valence-electron chi connectivity index (χ0n) is 11.8.